The molecule has 5 atom stereocenters. The van der Waals surface area contributed by atoms with E-state index < -0.39 is 9.71 Å². The van der Waals surface area contributed by atoms with E-state index in [2.05, 4.69) is 49.4 Å². The number of hydrogen-bond donors (Lipinski definition) is 0. The molecule has 0 aromatic rings. The Morgan fingerprint density at radius 3 is 2.78 bits per heavy atom. The van der Waals surface area contributed by atoms with E-state index in [4.69, 9.17) is 9.47 Å². The topological polar surface area (TPSA) is 35.5 Å². The van der Waals surface area contributed by atoms with Gasteiger partial charge < -0.3 is 9.47 Å². The third-order valence-electron chi connectivity index (χ3n) is 5.16. The van der Waals surface area contributed by atoms with Gasteiger partial charge in [0, 0.05) is 5.92 Å². The van der Waals surface area contributed by atoms with Gasteiger partial charge in [-0.05, 0) is 50.9 Å². The zero-order valence-electron chi connectivity index (χ0n) is 15.1. The Kier molecular flexibility index (Phi) is 6.57. The number of fused-ring (bicyclic) bond motifs is 2. The molecule has 5 unspecified atom stereocenters. The molecule has 0 amide bonds. The summed E-state index contributed by atoms with van der Waals surface area (Å²) >= 11 is 2.18. The van der Waals surface area contributed by atoms with Crippen molar-refractivity contribution in [2.75, 3.05) is 0 Å². The first-order valence-corrected chi connectivity index (χ1v) is 10.1. The molecular weight excluding hydrogens is 403 g/mol. The molecule has 132 valence electrons. The summed E-state index contributed by atoms with van der Waals surface area (Å²) in [6.45, 7) is 10.3. The van der Waals surface area contributed by atoms with Crippen molar-refractivity contribution in [3.8, 4) is 0 Å². The molecule has 2 rings (SSSR count). The molecule has 0 aliphatic heterocycles. The maximum absolute atomic E-state index is 12.4. The lowest BCUT2D eigenvalue weighted by Gasteiger charge is -2.40. The molecule has 23 heavy (non-hydrogen) atoms. The van der Waals surface area contributed by atoms with Crippen molar-refractivity contribution < 1.29 is 14.3 Å². The summed E-state index contributed by atoms with van der Waals surface area (Å²) in [6.07, 6.45) is 7.51. The second-order valence-electron chi connectivity index (χ2n) is 7.78. The van der Waals surface area contributed by atoms with E-state index in [-0.39, 0.29) is 18.0 Å². The molecule has 0 spiro atoms. The maximum atomic E-state index is 12.4. The predicted octanol–water partition coefficient (Wildman–Crippen LogP) is 5.27. The van der Waals surface area contributed by atoms with Gasteiger partial charge in [0.1, 0.15) is 3.42 Å². The van der Waals surface area contributed by atoms with E-state index in [9.17, 15) is 4.79 Å². The molecule has 2 bridgehead atoms. The first-order valence-electron chi connectivity index (χ1n) is 8.98. The summed E-state index contributed by atoms with van der Waals surface area (Å²) in [6, 6.07) is 0. The average Bonchev–Trinajstić information content (AvgIpc) is 2.48. The second kappa shape index (κ2) is 7.85. The summed E-state index contributed by atoms with van der Waals surface area (Å²) in [5, 5.41) is 0. The Bertz CT molecular complexity index is 456. The molecule has 0 heterocycles. The van der Waals surface area contributed by atoms with Crippen LogP contribution in [0.2, 0.25) is 0 Å². The molecule has 1 saturated carbocycles. The summed E-state index contributed by atoms with van der Waals surface area (Å²) in [5.41, 5.74) is 1.59. The number of carbonyl (C=O) groups excluding carboxylic acids is 1. The third-order valence-corrected chi connectivity index (χ3v) is 6.36. The number of carbonyl (C=O) groups is 1. The van der Waals surface area contributed by atoms with Crippen LogP contribution in [0.3, 0.4) is 0 Å². The minimum atomic E-state index is -0.476. The summed E-state index contributed by atoms with van der Waals surface area (Å²) in [4.78, 5) is 12.4. The Balaban J connectivity index is 2.00. The van der Waals surface area contributed by atoms with E-state index >= 15 is 0 Å². The molecular formula is C19H31IO3. The van der Waals surface area contributed by atoms with Gasteiger partial charge in [0.05, 0.1) is 6.10 Å². The SMILES string of the molecule is CCC(C)(I)C(=O)OC(OC1CCC2=CC(C)CC1C2)C(C)C. The van der Waals surface area contributed by atoms with Crippen LogP contribution in [-0.4, -0.2) is 21.8 Å². The molecule has 4 heteroatoms. The van der Waals surface area contributed by atoms with Crippen LogP contribution in [0.15, 0.2) is 11.6 Å². The quantitative estimate of drug-likeness (QED) is 0.188. The lowest BCUT2D eigenvalue weighted by atomic mass is 9.73. The fraction of sp³-hybridized carbons (Fsp3) is 0.842. The molecule has 2 aliphatic carbocycles. The molecule has 1 fully saturated rings. The van der Waals surface area contributed by atoms with Gasteiger partial charge in [-0.1, -0.05) is 61.9 Å². The van der Waals surface area contributed by atoms with Crippen molar-refractivity contribution in [3.63, 3.8) is 0 Å². The van der Waals surface area contributed by atoms with E-state index in [0.717, 1.165) is 25.7 Å². The van der Waals surface area contributed by atoms with Crippen molar-refractivity contribution in [1.82, 2.24) is 0 Å². The summed E-state index contributed by atoms with van der Waals surface area (Å²) in [7, 11) is 0. The van der Waals surface area contributed by atoms with Crippen molar-refractivity contribution in [1.29, 1.82) is 0 Å². The van der Waals surface area contributed by atoms with Gasteiger partial charge in [-0.2, -0.15) is 0 Å². The monoisotopic (exact) mass is 434 g/mol. The number of alkyl halides is 1. The fourth-order valence-electron chi connectivity index (χ4n) is 3.51. The number of halogens is 1. The lowest BCUT2D eigenvalue weighted by Crippen LogP contribution is -2.41. The number of rotatable bonds is 6. The average molecular weight is 434 g/mol. The Morgan fingerprint density at radius 1 is 1.48 bits per heavy atom. The molecule has 3 nitrogen and oxygen atoms in total. The highest BCUT2D eigenvalue weighted by Crippen LogP contribution is 2.40. The Labute approximate surface area is 154 Å². The van der Waals surface area contributed by atoms with Crippen molar-refractivity contribution in [2.45, 2.75) is 82.5 Å². The number of ether oxygens (including phenoxy) is 2. The Hall–Kier alpha value is -0.100. The van der Waals surface area contributed by atoms with Crippen LogP contribution in [0, 0.1) is 17.8 Å². The lowest BCUT2D eigenvalue weighted by molar-refractivity contribution is -0.212. The van der Waals surface area contributed by atoms with Crippen molar-refractivity contribution >= 4 is 28.6 Å². The van der Waals surface area contributed by atoms with E-state index in [1.165, 1.54) is 6.42 Å². The summed E-state index contributed by atoms with van der Waals surface area (Å²) < 4.78 is 11.6. The first kappa shape index (κ1) is 19.2. The minimum absolute atomic E-state index is 0.160. The molecule has 0 aromatic heterocycles. The highest BCUT2D eigenvalue weighted by atomic mass is 127. The molecule has 0 N–H and O–H groups in total. The molecule has 0 radical (unpaired) electrons. The van der Waals surface area contributed by atoms with Crippen LogP contribution in [0.1, 0.15) is 66.7 Å². The van der Waals surface area contributed by atoms with Gasteiger partial charge in [-0.15, -0.1) is 0 Å². The number of allylic oxidation sites excluding steroid dienone is 2. The maximum Gasteiger partial charge on any atom is 0.324 e. The van der Waals surface area contributed by atoms with E-state index in [0.29, 0.717) is 11.8 Å². The minimum Gasteiger partial charge on any atom is -0.434 e. The van der Waals surface area contributed by atoms with Crippen LogP contribution >= 0.6 is 22.6 Å². The van der Waals surface area contributed by atoms with E-state index in [1.54, 1.807) is 5.57 Å². The largest absolute Gasteiger partial charge is 0.434 e. The normalized spacial score (nSPS) is 31.3. The molecule has 2 aliphatic rings. The van der Waals surface area contributed by atoms with Crippen molar-refractivity contribution in [2.24, 2.45) is 17.8 Å². The van der Waals surface area contributed by atoms with Gasteiger partial charge in [0.15, 0.2) is 0 Å². The van der Waals surface area contributed by atoms with Crippen LogP contribution in [0.4, 0.5) is 0 Å². The van der Waals surface area contributed by atoms with Gasteiger partial charge in [0.2, 0.25) is 6.29 Å². The van der Waals surface area contributed by atoms with Gasteiger partial charge in [0.25, 0.3) is 0 Å². The number of hydrogen-bond acceptors (Lipinski definition) is 3. The summed E-state index contributed by atoms with van der Waals surface area (Å²) in [5.74, 6) is 1.23. The standard InChI is InChI=1S/C19H31IO3/c1-6-19(5,20)18(21)23-17(12(2)3)22-16-8-7-14-9-13(4)10-15(16)11-14/h9,12-13,15-17H,6-8,10-11H2,1-5H3. The zero-order chi connectivity index (χ0) is 17.2. The van der Waals surface area contributed by atoms with Crippen LogP contribution in [0.25, 0.3) is 0 Å². The molecule has 0 saturated heterocycles. The fourth-order valence-corrected chi connectivity index (χ4v) is 3.64. The van der Waals surface area contributed by atoms with Crippen molar-refractivity contribution in [3.05, 3.63) is 11.6 Å². The highest BCUT2D eigenvalue weighted by Gasteiger charge is 2.37. The number of esters is 1. The van der Waals surface area contributed by atoms with Crippen LogP contribution in [0.5, 0.6) is 0 Å². The highest BCUT2D eigenvalue weighted by molar-refractivity contribution is 14.1. The second-order valence-corrected chi connectivity index (χ2v) is 10.2. The first-order chi connectivity index (χ1) is 10.7. The predicted molar refractivity (Wildman–Crippen MR) is 102 cm³/mol. The third kappa shape index (κ3) is 4.94. The smallest absolute Gasteiger partial charge is 0.324 e. The zero-order valence-corrected chi connectivity index (χ0v) is 17.3. The van der Waals surface area contributed by atoms with Crippen LogP contribution in [-0.2, 0) is 14.3 Å². The van der Waals surface area contributed by atoms with Crippen LogP contribution < -0.4 is 0 Å². The van der Waals surface area contributed by atoms with Gasteiger partial charge in [-0.3, -0.25) is 4.79 Å². The van der Waals surface area contributed by atoms with Gasteiger partial charge >= 0.3 is 5.97 Å². The van der Waals surface area contributed by atoms with Gasteiger partial charge in [-0.25, -0.2) is 0 Å². The Morgan fingerprint density at radius 2 is 2.17 bits per heavy atom. The molecule has 0 aromatic carbocycles. The van der Waals surface area contributed by atoms with E-state index in [1.807, 2.05) is 13.8 Å².